The first-order valence-corrected chi connectivity index (χ1v) is 18.9. The Morgan fingerprint density at radius 1 is 0.444 bits per heavy atom. The van der Waals surface area contributed by atoms with Crippen LogP contribution in [0, 0.1) is 6.92 Å². The highest BCUT2D eigenvalue weighted by molar-refractivity contribution is 7.27. The molecule has 0 amide bonds. The molecule has 6 aromatic carbocycles. The van der Waals surface area contributed by atoms with E-state index in [1.807, 2.05) is 54.7 Å². The van der Waals surface area contributed by atoms with E-state index in [2.05, 4.69) is 129 Å². The number of pyridine rings is 1. The summed E-state index contributed by atoms with van der Waals surface area (Å²) in [5.74, 6) is 0.805. The topological polar surface area (TPSA) is 49.0 Å². The molecular weight excluding hydrogens is 683 g/mol. The van der Waals surface area contributed by atoms with Crippen LogP contribution in [0.2, 0.25) is 0 Å². The summed E-state index contributed by atoms with van der Waals surface area (Å²) < 4.78 is 19.8. The molecule has 12 aromatic rings. The highest BCUT2D eigenvalue weighted by Gasteiger charge is 2.21. The maximum atomic E-state index is 6.21. The molecule has 0 aliphatic carbocycles. The van der Waals surface area contributed by atoms with Gasteiger partial charge in [-0.05, 0) is 91.9 Å². The monoisotopic (exact) mass is 711 g/mol. The number of nitrogens with zero attached hydrogens (tertiary/aromatic N) is 3. The van der Waals surface area contributed by atoms with E-state index in [0.29, 0.717) is 0 Å². The standard InChI is InChI=1S/C48H29N3O2S/c1-28-16-17-29(18-22-37-44(52-28)15-8-26-49-37)50-38-12-5-2-10-34(38)45-40(50)23-20-32-33-21-24-41-46(48(33)54-47(32)45)35-11-3-6-13-39(35)51(41)30-19-25-43-36(27-30)31-9-4-7-14-42(31)53-43/h2-27H,1H3. The number of fused-ring (bicyclic) bond motifs is 15. The molecule has 5 nitrogen and oxygen atoms in total. The van der Waals surface area contributed by atoms with Crippen molar-refractivity contribution in [3.05, 3.63) is 164 Å². The number of hydrogen-bond donors (Lipinski definition) is 0. The molecule has 6 aromatic heterocycles. The third-order valence-electron chi connectivity index (χ3n) is 10.9. The summed E-state index contributed by atoms with van der Waals surface area (Å²) in [6, 6.07) is 53.9. The van der Waals surface area contributed by atoms with Crippen LogP contribution in [0.4, 0.5) is 0 Å². The van der Waals surface area contributed by atoms with E-state index in [9.17, 15) is 0 Å². The van der Waals surface area contributed by atoms with Gasteiger partial charge in [0.25, 0.3) is 0 Å². The van der Waals surface area contributed by atoms with Gasteiger partial charge in [0.2, 0.25) is 0 Å². The summed E-state index contributed by atoms with van der Waals surface area (Å²) in [6.07, 6.45) is 1.81. The quantitative estimate of drug-likeness (QED) is 0.179. The Kier molecular flexibility index (Phi) is 6.07. The van der Waals surface area contributed by atoms with Gasteiger partial charge in [0.05, 0.1) is 22.1 Å². The third-order valence-corrected chi connectivity index (χ3v) is 12.2. The van der Waals surface area contributed by atoms with Crippen LogP contribution in [-0.4, -0.2) is 14.1 Å². The van der Waals surface area contributed by atoms with Gasteiger partial charge in [-0.3, -0.25) is 4.98 Å². The Morgan fingerprint density at radius 3 is 1.78 bits per heavy atom. The van der Waals surface area contributed by atoms with Crippen molar-refractivity contribution in [1.82, 2.24) is 14.1 Å². The minimum absolute atomic E-state index is 0.745. The van der Waals surface area contributed by atoms with Crippen molar-refractivity contribution in [2.75, 3.05) is 0 Å². The zero-order valence-electron chi connectivity index (χ0n) is 29.1. The second-order valence-corrected chi connectivity index (χ2v) is 15.0. The molecule has 0 N–H and O–H groups in total. The van der Waals surface area contributed by atoms with Gasteiger partial charge in [-0.15, -0.1) is 11.3 Å². The lowest BCUT2D eigenvalue weighted by molar-refractivity contribution is 0.568. The molecule has 0 aliphatic heterocycles. The summed E-state index contributed by atoms with van der Waals surface area (Å²) in [6.45, 7) is 1.98. The van der Waals surface area contributed by atoms with Crippen LogP contribution in [0.25, 0.3) is 108 Å². The summed E-state index contributed by atoms with van der Waals surface area (Å²) in [5.41, 5.74) is 10.2. The largest absolute Gasteiger partial charge is 0.460 e. The van der Waals surface area contributed by atoms with Crippen molar-refractivity contribution in [2.45, 2.75) is 6.92 Å². The van der Waals surface area contributed by atoms with Crippen molar-refractivity contribution in [3.8, 4) is 11.4 Å². The van der Waals surface area contributed by atoms with Crippen molar-refractivity contribution >= 4 is 108 Å². The number of hydrogen-bond acceptors (Lipinski definition) is 4. The van der Waals surface area contributed by atoms with E-state index in [1.54, 1.807) is 6.20 Å². The van der Waals surface area contributed by atoms with Crippen LogP contribution >= 0.6 is 11.3 Å². The Morgan fingerprint density at radius 2 is 1.04 bits per heavy atom. The normalized spacial score (nSPS) is 12.2. The fourth-order valence-electron chi connectivity index (χ4n) is 8.60. The minimum atomic E-state index is 0.745. The fraction of sp³-hybridized carbons (Fsp3) is 0.0208. The predicted molar refractivity (Wildman–Crippen MR) is 225 cm³/mol. The third kappa shape index (κ3) is 4.11. The highest BCUT2D eigenvalue weighted by atomic mass is 32.1. The average Bonchev–Trinajstić information content (AvgIpc) is 3.96. The second-order valence-electron chi connectivity index (χ2n) is 13.9. The van der Waals surface area contributed by atoms with Gasteiger partial charge >= 0.3 is 0 Å². The van der Waals surface area contributed by atoms with Gasteiger partial charge in [0, 0.05) is 70.1 Å². The molecule has 54 heavy (non-hydrogen) atoms. The highest BCUT2D eigenvalue weighted by Crippen LogP contribution is 2.47. The van der Waals surface area contributed by atoms with E-state index >= 15 is 0 Å². The molecule has 0 atom stereocenters. The smallest absolute Gasteiger partial charge is 0.152 e. The molecule has 0 radical (unpaired) electrons. The number of aromatic nitrogens is 3. The van der Waals surface area contributed by atoms with E-state index in [0.717, 1.165) is 61.2 Å². The number of aryl methyl sites for hydroxylation is 1. The molecule has 0 unspecified atom stereocenters. The van der Waals surface area contributed by atoms with Crippen molar-refractivity contribution in [3.63, 3.8) is 0 Å². The van der Waals surface area contributed by atoms with Crippen LogP contribution in [0.15, 0.2) is 167 Å². The van der Waals surface area contributed by atoms with Gasteiger partial charge in [0.15, 0.2) is 5.58 Å². The van der Waals surface area contributed by atoms with Crippen molar-refractivity contribution in [1.29, 1.82) is 0 Å². The number of benzene rings is 6. The van der Waals surface area contributed by atoms with Gasteiger partial charge < -0.3 is 18.0 Å². The molecule has 0 saturated heterocycles. The fourth-order valence-corrected chi connectivity index (χ4v) is 10.0. The van der Waals surface area contributed by atoms with Crippen LogP contribution in [0.1, 0.15) is 5.76 Å². The Balaban J connectivity index is 1.15. The van der Waals surface area contributed by atoms with Crippen LogP contribution in [0.5, 0.6) is 0 Å². The maximum Gasteiger partial charge on any atom is 0.152 e. The van der Waals surface area contributed by atoms with Crippen LogP contribution in [-0.2, 0) is 0 Å². The van der Waals surface area contributed by atoms with E-state index < -0.39 is 0 Å². The van der Waals surface area contributed by atoms with Crippen LogP contribution < -0.4 is 0 Å². The lowest BCUT2D eigenvalue weighted by Gasteiger charge is -2.08. The number of rotatable bonds is 2. The lowest BCUT2D eigenvalue weighted by Crippen LogP contribution is -1.93. The second kappa shape index (κ2) is 11.1. The SMILES string of the molecule is Cc1ccc(-n2c3ccccc3c3c4sc5c(ccc6c5c5ccccc5n6-c5ccc6oc7ccccc7c6c5)c4ccc32)ccc2ncccc2o1. The van der Waals surface area contributed by atoms with Crippen molar-refractivity contribution in [2.24, 2.45) is 0 Å². The first-order valence-electron chi connectivity index (χ1n) is 18.1. The lowest BCUT2D eigenvalue weighted by atomic mass is 10.1. The molecule has 12 rings (SSSR count). The molecule has 6 heteroatoms. The average molecular weight is 712 g/mol. The Bertz CT molecular complexity index is 3590. The Hall–Kier alpha value is -6.89. The first-order chi connectivity index (χ1) is 26.7. The van der Waals surface area contributed by atoms with E-state index in [-0.39, 0.29) is 0 Å². The van der Waals surface area contributed by atoms with E-state index in [1.165, 1.54) is 52.8 Å². The molecule has 0 bridgehead atoms. The first kappa shape index (κ1) is 29.7. The summed E-state index contributed by atoms with van der Waals surface area (Å²) in [7, 11) is 0. The predicted octanol–water partition coefficient (Wildman–Crippen LogP) is 13.7. The number of para-hydroxylation sites is 3. The zero-order valence-corrected chi connectivity index (χ0v) is 29.9. The van der Waals surface area contributed by atoms with Crippen molar-refractivity contribution < 1.29 is 8.83 Å². The van der Waals surface area contributed by atoms with Gasteiger partial charge in [-0.2, -0.15) is 0 Å². The van der Waals surface area contributed by atoms with Gasteiger partial charge in [0.1, 0.15) is 22.4 Å². The van der Waals surface area contributed by atoms with Gasteiger partial charge in [-0.25, -0.2) is 0 Å². The maximum absolute atomic E-state index is 6.21. The minimum Gasteiger partial charge on any atom is -0.460 e. The molecule has 0 saturated carbocycles. The number of furan rings is 1. The molecular formula is C48H29N3O2S. The molecule has 0 spiro atoms. The summed E-state index contributed by atoms with van der Waals surface area (Å²) in [5, 5.41) is 9.84. The summed E-state index contributed by atoms with van der Waals surface area (Å²) >= 11 is 1.91. The number of thiophene rings is 1. The molecule has 254 valence electrons. The zero-order chi connectivity index (χ0) is 35.5. The van der Waals surface area contributed by atoms with Crippen LogP contribution in [0.3, 0.4) is 0 Å². The molecule has 0 aliphatic rings. The Labute approximate surface area is 311 Å². The van der Waals surface area contributed by atoms with Gasteiger partial charge in [-0.1, -0.05) is 66.7 Å². The van der Waals surface area contributed by atoms with E-state index in [4.69, 9.17) is 8.83 Å². The molecule has 6 heterocycles. The summed E-state index contributed by atoms with van der Waals surface area (Å²) in [4.78, 5) is 4.61. The molecule has 0 fully saturated rings.